The maximum Gasteiger partial charge on any atom is 0.308 e. The summed E-state index contributed by atoms with van der Waals surface area (Å²) in [6.45, 7) is 4.89. The molecule has 1 rings (SSSR count). The fourth-order valence-electron chi connectivity index (χ4n) is 1.79. The van der Waals surface area contributed by atoms with E-state index in [0.29, 0.717) is 24.5 Å². The third-order valence-corrected chi connectivity index (χ3v) is 3.49. The van der Waals surface area contributed by atoms with Gasteiger partial charge >= 0.3 is 5.97 Å². The lowest BCUT2D eigenvalue weighted by atomic mass is 10.1. The zero-order valence-electron chi connectivity index (χ0n) is 13.3. The Morgan fingerprint density at radius 3 is 2.32 bits per heavy atom. The van der Waals surface area contributed by atoms with Crippen molar-refractivity contribution in [2.75, 3.05) is 13.2 Å². The summed E-state index contributed by atoms with van der Waals surface area (Å²) in [7, 11) is 0. The van der Waals surface area contributed by atoms with E-state index in [2.05, 4.69) is 0 Å². The Balaban J connectivity index is 2.07. The molecule has 0 bridgehead atoms. The maximum absolute atomic E-state index is 11.4. The van der Waals surface area contributed by atoms with Gasteiger partial charge in [0.05, 0.1) is 19.1 Å². The third kappa shape index (κ3) is 6.91. The standard InChI is InChI=1S/C17H26O5/c1-3-13(2)17(20)22-12-6-4-5-11-21-15-9-7-14(8-10-15)16(18)19/h7-10,13,16,18-19H,3-6,11-12H2,1-2H3. The first-order valence-corrected chi connectivity index (χ1v) is 7.80. The summed E-state index contributed by atoms with van der Waals surface area (Å²) in [5.74, 6) is 0.557. The Morgan fingerprint density at radius 2 is 1.73 bits per heavy atom. The number of hydrogen-bond donors (Lipinski definition) is 2. The van der Waals surface area contributed by atoms with Crippen molar-refractivity contribution in [3.8, 4) is 5.75 Å². The molecule has 1 unspecified atom stereocenters. The molecule has 0 saturated heterocycles. The van der Waals surface area contributed by atoms with Gasteiger partial charge in [0.1, 0.15) is 5.75 Å². The summed E-state index contributed by atoms with van der Waals surface area (Å²) >= 11 is 0. The summed E-state index contributed by atoms with van der Waals surface area (Å²) in [5.41, 5.74) is 0.440. The smallest absolute Gasteiger partial charge is 0.308 e. The minimum atomic E-state index is -1.45. The maximum atomic E-state index is 11.4. The van der Waals surface area contributed by atoms with Crippen LogP contribution in [0.2, 0.25) is 0 Å². The SMILES string of the molecule is CCC(C)C(=O)OCCCCCOc1ccc(C(O)O)cc1. The summed E-state index contributed by atoms with van der Waals surface area (Å²) in [6.07, 6.45) is 2.00. The number of benzene rings is 1. The Kier molecular flexibility index (Phi) is 8.55. The molecular formula is C17H26O5. The molecule has 1 aromatic carbocycles. The molecule has 0 aliphatic heterocycles. The quantitative estimate of drug-likeness (QED) is 0.395. The van der Waals surface area contributed by atoms with Crippen LogP contribution in [0.15, 0.2) is 24.3 Å². The first-order valence-electron chi connectivity index (χ1n) is 7.80. The van der Waals surface area contributed by atoms with Crippen LogP contribution in [0.25, 0.3) is 0 Å². The van der Waals surface area contributed by atoms with Gasteiger partial charge in [-0.25, -0.2) is 0 Å². The van der Waals surface area contributed by atoms with Crippen LogP contribution in [0.3, 0.4) is 0 Å². The van der Waals surface area contributed by atoms with E-state index in [1.165, 1.54) is 0 Å². The molecule has 0 saturated carbocycles. The molecule has 22 heavy (non-hydrogen) atoms. The topological polar surface area (TPSA) is 76.0 Å². The van der Waals surface area contributed by atoms with Crippen molar-refractivity contribution in [3.63, 3.8) is 0 Å². The lowest BCUT2D eigenvalue weighted by molar-refractivity contribution is -0.148. The van der Waals surface area contributed by atoms with Crippen LogP contribution in [0.1, 0.15) is 51.4 Å². The summed E-state index contributed by atoms with van der Waals surface area (Å²) in [5, 5.41) is 18.0. The number of aliphatic hydroxyl groups is 2. The van der Waals surface area contributed by atoms with Gasteiger partial charge in [0, 0.05) is 5.56 Å². The summed E-state index contributed by atoms with van der Waals surface area (Å²) in [6, 6.07) is 6.66. The minimum Gasteiger partial charge on any atom is -0.494 e. The van der Waals surface area contributed by atoms with Crippen molar-refractivity contribution in [1.29, 1.82) is 0 Å². The molecule has 0 spiro atoms. The second-order valence-corrected chi connectivity index (χ2v) is 5.33. The zero-order valence-corrected chi connectivity index (χ0v) is 13.3. The van der Waals surface area contributed by atoms with Crippen molar-refractivity contribution in [3.05, 3.63) is 29.8 Å². The zero-order chi connectivity index (χ0) is 16.4. The average Bonchev–Trinajstić information content (AvgIpc) is 2.53. The number of carbonyl (C=O) groups excluding carboxylic acids is 1. The van der Waals surface area contributed by atoms with Crippen LogP contribution in [0.5, 0.6) is 5.75 Å². The molecular weight excluding hydrogens is 284 g/mol. The van der Waals surface area contributed by atoms with Crippen molar-refractivity contribution >= 4 is 5.97 Å². The van der Waals surface area contributed by atoms with Crippen LogP contribution in [0, 0.1) is 5.92 Å². The molecule has 5 nitrogen and oxygen atoms in total. The molecule has 0 aliphatic carbocycles. The highest BCUT2D eigenvalue weighted by Crippen LogP contribution is 2.16. The molecule has 0 radical (unpaired) electrons. The van der Waals surface area contributed by atoms with Crippen LogP contribution >= 0.6 is 0 Å². The number of esters is 1. The van der Waals surface area contributed by atoms with Crippen molar-refractivity contribution in [2.24, 2.45) is 5.92 Å². The fraction of sp³-hybridized carbons (Fsp3) is 0.588. The number of carbonyl (C=O) groups is 1. The number of aliphatic hydroxyl groups excluding tert-OH is 1. The van der Waals surface area contributed by atoms with E-state index in [4.69, 9.17) is 19.7 Å². The van der Waals surface area contributed by atoms with E-state index < -0.39 is 6.29 Å². The van der Waals surface area contributed by atoms with Crippen LogP contribution < -0.4 is 4.74 Å². The van der Waals surface area contributed by atoms with Gasteiger partial charge in [0.15, 0.2) is 6.29 Å². The van der Waals surface area contributed by atoms with Gasteiger partial charge in [-0.2, -0.15) is 0 Å². The Morgan fingerprint density at radius 1 is 1.09 bits per heavy atom. The average molecular weight is 310 g/mol. The van der Waals surface area contributed by atoms with Crippen molar-refractivity contribution in [2.45, 2.75) is 45.8 Å². The van der Waals surface area contributed by atoms with Gasteiger partial charge in [0.2, 0.25) is 0 Å². The van der Waals surface area contributed by atoms with Gasteiger partial charge in [-0.15, -0.1) is 0 Å². The van der Waals surface area contributed by atoms with Crippen LogP contribution in [-0.2, 0) is 9.53 Å². The van der Waals surface area contributed by atoms with E-state index in [-0.39, 0.29) is 11.9 Å². The molecule has 0 heterocycles. The van der Waals surface area contributed by atoms with Crippen molar-refractivity contribution in [1.82, 2.24) is 0 Å². The first-order chi connectivity index (χ1) is 10.5. The molecule has 2 N–H and O–H groups in total. The van der Waals surface area contributed by atoms with Crippen molar-refractivity contribution < 1.29 is 24.5 Å². The van der Waals surface area contributed by atoms with Gasteiger partial charge in [-0.1, -0.05) is 26.0 Å². The third-order valence-electron chi connectivity index (χ3n) is 3.49. The summed E-state index contributed by atoms with van der Waals surface area (Å²) < 4.78 is 10.7. The van der Waals surface area contributed by atoms with E-state index in [0.717, 1.165) is 25.7 Å². The lowest BCUT2D eigenvalue weighted by Gasteiger charge is -2.10. The molecule has 0 aromatic heterocycles. The Hall–Kier alpha value is -1.59. The number of hydrogen-bond acceptors (Lipinski definition) is 5. The number of rotatable bonds is 10. The van der Waals surface area contributed by atoms with E-state index in [9.17, 15) is 4.79 Å². The van der Waals surface area contributed by atoms with Gasteiger partial charge in [0.25, 0.3) is 0 Å². The van der Waals surface area contributed by atoms with Crippen LogP contribution in [-0.4, -0.2) is 29.4 Å². The molecule has 0 fully saturated rings. The summed E-state index contributed by atoms with van der Waals surface area (Å²) in [4.78, 5) is 11.4. The second kappa shape index (κ2) is 10.2. The predicted octanol–water partition coefficient (Wildman–Crippen LogP) is 2.81. The van der Waals surface area contributed by atoms with Gasteiger partial charge in [-0.3, -0.25) is 4.79 Å². The molecule has 1 aromatic rings. The molecule has 124 valence electrons. The Labute approximate surface area is 131 Å². The van der Waals surface area contributed by atoms with Gasteiger partial charge in [-0.05, 0) is 37.8 Å². The largest absolute Gasteiger partial charge is 0.494 e. The minimum absolute atomic E-state index is 0.0243. The number of ether oxygens (including phenoxy) is 2. The Bertz CT molecular complexity index is 427. The predicted molar refractivity (Wildman–Crippen MR) is 83.4 cm³/mol. The highest BCUT2D eigenvalue weighted by molar-refractivity contribution is 5.71. The molecule has 0 amide bonds. The monoisotopic (exact) mass is 310 g/mol. The fourth-order valence-corrected chi connectivity index (χ4v) is 1.79. The van der Waals surface area contributed by atoms with E-state index >= 15 is 0 Å². The van der Waals surface area contributed by atoms with Gasteiger partial charge < -0.3 is 19.7 Å². The second-order valence-electron chi connectivity index (χ2n) is 5.33. The van der Waals surface area contributed by atoms with E-state index in [1.54, 1.807) is 24.3 Å². The van der Waals surface area contributed by atoms with E-state index in [1.807, 2.05) is 13.8 Å². The highest BCUT2D eigenvalue weighted by Gasteiger charge is 2.10. The molecule has 5 heteroatoms. The van der Waals surface area contributed by atoms with Crippen LogP contribution in [0.4, 0.5) is 0 Å². The number of unbranched alkanes of at least 4 members (excludes halogenated alkanes) is 2. The first kappa shape index (κ1) is 18.5. The highest BCUT2D eigenvalue weighted by atomic mass is 16.5. The lowest BCUT2D eigenvalue weighted by Crippen LogP contribution is -2.14. The molecule has 0 aliphatic rings. The molecule has 1 atom stereocenters. The normalized spacial score (nSPS) is 12.2.